The fourth-order valence-electron chi connectivity index (χ4n) is 2.45. The van der Waals surface area contributed by atoms with Crippen molar-refractivity contribution in [3.05, 3.63) is 23.8 Å². The van der Waals surface area contributed by atoms with Crippen molar-refractivity contribution >= 4 is 15.8 Å². The van der Waals surface area contributed by atoms with Crippen molar-refractivity contribution in [3.8, 4) is 0 Å². The van der Waals surface area contributed by atoms with Crippen LogP contribution in [0.25, 0.3) is 0 Å². The lowest BCUT2D eigenvalue weighted by Gasteiger charge is -2.10. The maximum absolute atomic E-state index is 12.1. The molecule has 0 aromatic carbocycles. The van der Waals surface area contributed by atoms with Crippen molar-refractivity contribution in [2.75, 3.05) is 5.75 Å². The van der Waals surface area contributed by atoms with Crippen LogP contribution in [0, 0.1) is 5.92 Å². The highest BCUT2D eigenvalue weighted by molar-refractivity contribution is 7.90. The van der Waals surface area contributed by atoms with Gasteiger partial charge in [-0.2, -0.15) is 0 Å². The van der Waals surface area contributed by atoms with Crippen molar-refractivity contribution < 1.29 is 18.3 Å². The third-order valence-corrected chi connectivity index (χ3v) is 5.04. The minimum absolute atomic E-state index is 0.0699. The van der Waals surface area contributed by atoms with Gasteiger partial charge in [-0.05, 0) is 18.8 Å². The van der Waals surface area contributed by atoms with Gasteiger partial charge in [-0.15, -0.1) is 0 Å². The second-order valence-corrected chi connectivity index (χ2v) is 7.00. The molecule has 1 saturated carbocycles. The van der Waals surface area contributed by atoms with Gasteiger partial charge in [0.05, 0.1) is 17.2 Å². The summed E-state index contributed by atoms with van der Waals surface area (Å²) in [7, 11) is -3.33. The third-order valence-electron chi connectivity index (χ3n) is 3.35. The molecule has 1 aliphatic carbocycles. The zero-order valence-electron chi connectivity index (χ0n) is 10.4. The summed E-state index contributed by atoms with van der Waals surface area (Å²) in [5.41, 5.74) is -0.0713. The van der Waals surface area contributed by atoms with E-state index in [-0.39, 0.29) is 28.7 Å². The van der Waals surface area contributed by atoms with E-state index in [0.717, 1.165) is 31.9 Å². The van der Waals surface area contributed by atoms with Crippen LogP contribution >= 0.6 is 0 Å². The normalized spacial score (nSPS) is 16.6. The van der Waals surface area contributed by atoms with E-state index >= 15 is 0 Å². The fourth-order valence-corrected chi connectivity index (χ4v) is 4.27. The van der Waals surface area contributed by atoms with E-state index in [4.69, 9.17) is 5.11 Å². The molecule has 0 atom stereocenters. The van der Waals surface area contributed by atoms with E-state index < -0.39 is 15.8 Å². The zero-order chi connectivity index (χ0) is 13.9. The van der Waals surface area contributed by atoms with Crippen LogP contribution in [0.5, 0.6) is 0 Å². The van der Waals surface area contributed by atoms with Gasteiger partial charge < -0.3 is 5.11 Å². The molecule has 0 radical (unpaired) electrons. The van der Waals surface area contributed by atoms with Crippen molar-refractivity contribution in [3.63, 3.8) is 0 Å². The standard InChI is InChI=1S/C12H16N2O4S/c15-12(16)10-5-13-8-14-11(10)7-19(17,18)6-9-3-1-2-4-9/h5,8-9H,1-4,6-7H2,(H,15,16). The summed E-state index contributed by atoms with van der Waals surface area (Å²) in [5, 5.41) is 8.97. The number of carbonyl (C=O) groups is 1. The van der Waals surface area contributed by atoms with Crippen molar-refractivity contribution in [1.29, 1.82) is 0 Å². The fraction of sp³-hybridized carbons (Fsp3) is 0.583. The first-order chi connectivity index (χ1) is 8.98. The highest BCUT2D eigenvalue weighted by atomic mass is 32.2. The first-order valence-electron chi connectivity index (χ1n) is 6.20. The molecule has 0 spiro atoms. The van der Waals surface area contributed by atoms with Gasteiger partial charge in [-0.1, -0.05) is 12.8 Å². The molecule has 104 valence electrons. The average Bonchev–Trinajstić information content (AvgIpc) is 2.80. The van der Waals surface area contributed by atoms with Crippen LogP contribution in [0.4, 0.5) is 0 Å². The lowest BCUT2D eigenvalue weighted by atomic mass is 10.1. The number of aromatic carboxylic acids is 1. The van der Waals surface area contributed by atoms with Gasteiger partial charge in [-0.25, -0.2) is 23.2 Å². The number of hydrogen-bond acceptors (Lipinski definition) is 5. The number of hydrogen-bond donors (Lipinski definition) is 1. The molecule has 0 amide bonds. The zero-order valence-corrected chi connectivity index (χ0v) is 11.3. The highest BCUT2D eigenvalue weighted by Crippen LogP contribution is 2.26. The lowest BCUT2D eigenvalue weighted by Crippen LogP contribution is -2.18. The molecule has 1 aromatic heterocycles. The Morgan fingerprint density at radius 3 is 2.68 bits per heavy atom. The molecule has 1 heterocycles. The summed E-state index contributed by atoms with van der Waals surface area (Å²) >= 11 is 0. The van der Waals surface area contributed by atoms with E-state index in [1.165, 1.54) is 6.33 Å². The van der Waals surface area contributed by atoms with Crippen LogP contribution in [0.1, 0.15) is 41.7 Å². The average molecular weight is 284 g/mol. The number of aromatic nitrogens is 2. The predicted molar refractivity (Wildman–Crippen MR) is 68.4 cm³/mol. The summed E-state index contributed by atoms with van der Waals surface area (Å²) in [4.78, 5) is 18.4. The molecule has 1 aliphatic rings. The van der Waals surface area contributed by atoms with Gasteiger partial charge >= 0.3 is 5.97 Å². The van der Waals surface area contributed by atoms with Crippen LogP contribution in [-0.4, -0.2) is 35.2 Å². The van der Waals surface area contributed by atoms with E-state index in [0.29, 0.717) is 0 Å². The van der Waals surface area contributed by atoms with Crippen LogP contribution in [-0.2, 0) is 15.6 Å². The molecule has 1 aromatic rings. The number of carboxylic acid groups (broad SMARTS) is 1. The van der Waals surface area contributed by atoms with E-state index in [1.54, 1.807) is 0 Å². The number of sulfone groups is 1. The molecule has 6 nitrogen and oxygen atoms in total. The number of carboxylic acids is 1. The molecule has 0 saturated heterocycles. The monoisotopic (exact) mass is 284 g/mol. The Hall–Kier alpha value is -1.50. The Morgan fingerprint density at radius 2 is 2.05 bits per heavy atom. The Kier molecular flexibility index (Phi) is 4.14. The van der Waals surface area contributed by atoms with Crippen LogP contribution in [0.2, 0.25) is 0 Å². The largest absolute Gasteiger partial charge is 0.478 e. The van der Waals surface area contributed by atoms with Crippen molar-refractivity contribution in [2.24, 2.45) is 5.92 Å². The SMILES string of the molecule is O=C(O)c1cncnc1CS(=O)(=O)CC1CCCC1. The maximum Gasteiger partial charge on any atom is 0.339 e. The van der Waals surface area contributed by atoms with Crippen LogP contribution < -0.4 is 0 Å². The van der Waals surface area contributed by atoms with Gasteiger partial charge in [0.25, 0.3) is 0 Å². The molecule has 0 aliphatic heterocycles. The Morgan fingerprint density at radius 1 is 1.37 bits per heavy atom. The van der Waals surface area contributed by atoms with Gasteiger partial charge in [0.1, 0.15) is 11.9 Å². The van der Waals surface area contributed by atoms with E-state index in [9.17, 15) is 13.2 Å². The second-order valence-electron chi connectivity index (χ2n) is 4.89. The Balaban J connectivity index is 2.13. The summed E-state index contributed by atoms with van der Waals surface area (Å²) in [6.07, 6.45) is 6.34. The van der Waals surface area contributed by atoms with E-state index in [1.807, 2.05) is 0 Å². The van der Waals surface area contributed by atoms with Crippen molar-refractivity contribution in [1.82, 2.24) is 9.97 Å². The van der Waals surface area contributed by atoms with Gasteiger partial charge in [0.15, 0.2) is 9.84 Å². The minimum atomic E-state index is -3.33. The molecular formula is C12H16N2O4S. The lowest BCUT2D eigenvalue weighted by molar-refractivity contribution is 0.0695. The quantitative estimate of drug-likeness (QED) is 0.874. The molecule has 1 fully saturated rings. The number of nitrogens with zero attached hydrogens (tertiary/aromatic N) is 2. The Labute approximate surface area is 111 Å². The topological polar surface area (TPSA) is 97.2 Å². The van der Waals surface area contributed by atoms with E-state index in [2.05, 4.69) is 9.97 Å². The molecule has 1 N–H and O–H groups in total. The predicted octanol–water partition coefficient (Wildman–Crippen LogP) is 1.28. The van der Waals surface area contributed by atoms with Crippen molar-refractivity contribution in [2.45, 2.75) is 31.4 Å². The summed E-state index contributed by atoms with van der Waals surface area (Å²) in [5.74, 6) is -1.20. The molecule has 0 bridgehead atoms. The second kappa shape index (κ2) is 5.64. The number of rotatable bonds is 5. The molecular weight excluding hydrogens is 268 g/mol. The first kappa shape index (κ1) is 13.9. The van der Waals surface area contributed by atoms with Crippen LogP contribution in [0.3, 0.4) is 0 Å². The molecule has 2 rings (SSSR count). The minimum Gasteiger partial charge on any atom is -0.478 e. The summed E-state index contributed by atoms with van der Waals surface area (Å²) in [6, 6.07) is 0. The van der Waals surface area contributed by atoms with Crippen LogP contribution in [0.15, 0.2) is 12.5 Å². The van der Waals surface area contributed by atoms with Gasteiger partial charge in [0, 0.05) is 6.20 Å². The highest BCUT2D eigenvalue weighted by Gasteiger charge is 2.25. The summed E-state index contributed by atoms with van der Waals surface area (Å²) in [6.45, 7) is 0. The molecule has 7 heteroatoms. The van der Waals surface area contributed by atoms with Gasteiger partial charge in [0.2, 0.25) is 0 Å². The maximum atomic E-state index is 12.1. The molecule has 19 heavy (non-hydrogen) atoms. The summed E-state index contributed by atoms with van der Waals surface area (Å²) < 4.78 is 24.2. The van der Waals surface area contributed by atoms with Gasteiger partial charge in [-0.3, -0.25) is 0 Å². The Bertz CT molecular complexity index is 565. The third kappa shape index (κ3) is 3.73. The first-order valence-corrected chi connectivity index (χ1v) is 8.02. The molecule has 0 unspecified atom stereocenters. The smallest absolute Gasteiger partial charge is 0.339 e.